The minimum atomic E-state index is -0.375. The van der Waals surface area contributed by atoms with E-state index in [2.05, 4.69) is 26.2 Å². The fourth-order valence-corrected chi connectivity index (χ4v) is 4.00. The molecule has 3 amide bonds. The molecular formula is C20H14BrN3O3S. The molecule has 0 radical (unpaired) electrons. The lowest BCUT2D eigenvalue weighted by molar-refractivity contribution is -0.116. The minimum Gasteiger partial charge on any atom is -0.326 e. The molecule has 4 rings (SSSR count). The van der Waals surface area contributed by atoms with E-state index in [1.54, 1.807) is 30.5 Å². The van der Waals surface area contributed by atoms with Crippen molar-refractivity contribution in [3.05, 3.63) is 69.6 Å². The number of hydrogen-bond donors (Lipinski definition) is 1. The van der Waals surface area contributed by atoms with E-state index in [1.807, 2.05) is 23.6 Å². The summed E-state index contributed by atoms with van der Waals surface area (Å²) in [6.07, 6.45) is 1.75. The third kappa shape index (κ3) is 3.61. The van der Waals surface area contributed by atoms with E-state index in [9.17, 15) is 14.4 Å². The van der Waals surface area contributed by atoms with E-state index in [1.165, 1.54) is 11.3 Å². The average Bonchev–Trinajstić information content (AvgIpc) is 3.29. The maximum Gasteiger partial charge on any atom is 0.261 e. The van der Waals surface area contributed by atoms with Crippen molar-refractivity contribution in [2.45, 2.75) is 6.42 Å². The zero-order valence-electron chi connectivity index (χ0n) is 14.5. The predicted octanol–water partition coefficient (Wildman–Crippen LogP) is 4.20. The Balaban J connectivity index is 1.40. The summed E-state index contributed by atoms with van der Waals surface area (Å²) in [5, 5.41) is 5.57. The van der Waals surface area contributed by atoms with E-state index in [-0.39, 0.29) is 30.7 Å². The molecular weight excluding hydrogens is 442 g/mol. The van der Waals surface area contributed by atoms with Crippen molar-refractivity contribution >= 4 is 50.7 Å². The smallest absolute Gasteiger partial charge is 0.261 e. The number of fused-ring (bicyclic) bond motifs is 1. The molecule has 2 aromatic carbocycles. The van der Waals surface area contributed by atoms with E-state index in [4.69, 9.17) is 0 Å². The van der Waals surface area contributed by atoms with Crippen LogP contribution >= 0.6 is 27.3 Å². The first-order chi connectivity index (χ1) is 13.5. The van der Waals surface area contributed by atoms with Crippen LogP contribution in [0.4, 0.5) is 5.69 Å². The molecule has 3 aromatic rings. The van der Waals surface area contributed by atoms with Gasteiger partial charge in [-0.25, -0.2) is 4.98 Å². The van der Waals surface area contributed by atoms with Crippen molar-refractivity contribution in [2.24, 2.45) is 0 Å². The van der Waals surface area contributed by atoms with Crippen LogP contribution in [0.25, 0.3) is 10.6 Å². The van der Waals surface area contributed by atoms with Gasteiger partial charge in [0.1, 0.15) is 5.01 Å². The van der Waals surface area contributed by atoms with Crippen LogP contribution in [0.1, 0.15) is 27.1 Å². The number of benzene rings is 2. The average molecular weight is 456 g/mol. The van der Waals surface area contributed by atoms with Gasteiger partial charge in [0.25, 0.3) is 11.8 Å². The summed E-state index contributed by atoms with van der Waals surface area (Å²) in [6, 6.07) is 12.4. The second-order valence-electron chi connectivity index (χ2n) is 6.17. The van der Waals surface area contributed by atoms with Gasteiger partial charge in [0, 0.05) is 40.3 Å². The van der Waals surface area contributed by atoms with Gasteiger partial charge in [-0.1, -0.05) is 28.1 Å². The lowest BCUT2D eigenvalue weighted by Gasteiger charge is -2.13. The number of anilines is 1. The highest BCUT2D eigenvalue weighted by atomic mass is 79.9. The molecule has 1 N–H and O–H groups in total. The third-order valence-corrected chi connectivity index (χ3v) is 5.64. The van der Waals surface area contributed by atoms with Crippen molar-refractivity contribution < 1.29 is 14.4 Å². The maximum atomic E-state index is 12.5. The van der Waals surface area contributed by atoms with Gasteiger partial charge in [0.2, 0.25) is 5.91 Å². The number of rotatable bonds is 5. The van der Waals surface area contributed by atoms with Crippen molar-refractivity contribution in [3.8, 4) is 10.6 Å². The van der Waals surface area contributed by atoms with Crippen LogP contribution in [-0.4, -0.2) is 34.2 Å². The highest BCUT2D eigenvalue weighted by Crippen LogP contribution is 2.27. The molecule has 0 bridgehead atoms. The normalized spacial score (nSPS) is 13.0. The topological polar surface area (TPSA) is 79.4 Å². The largest absolute Gasteiger partial charge is 0.326 e. The van der Waals surface area contributed by atoms with E-state index < -0.39 is 0 Å². The monoisotopic (exact) mass is 455 g/mol. The Bertz CT molecular complexity index is 1080. The second kappa shape index (κ2) is 7.65. The van der Waals surface area contributed by atoms with Gasteiger partial charge >= 0.3 is 0 Å². The van der Waals surface area contributed by atoms with Gasteiger partial charge in [0.05, 0.1) is 11.1 Å². The molecule has 8 heteroatoms. The van der Waals surface area contributed by atoms with Crippen LogP contribution in [-0.2, 0) is 4.79 Å². The predicted molar refractivity (Wildman–Crippen MR) is 110 cm³/mol. The van der Waals surface area contributed by atoms with Crippen LogP contribution in [0.3, 0.4) is 0 Å². The number of imide groups is 1. The van der Waals surface area contributed by atoms with Gasteiger partial charge in [-0.2, -0.15) is 0 Å². The number of halogens is 1. The summed E-state index contributed by atoms with van der Waals surface area (Å²) in [4.78, 5) is 42.6. The zero-order valence-corrected chi connectivity index (χ0v) is 16.9. The van der Waals surface area contributed by atoms with E-state index in [0.29, 0.717) is 16.8 Å². The zero-order chi connectivity index (χ0) is 19.7. The molecule has 0 saturated carbocycles. The molecule has 28 heavy (non-hydrogen) atoms. The molecule has 0 spiro atoms. The molecule has 1 aromatic heterocycles. The Morgan fingerprint density at radius 1 is 1.11 bits per heavy atom. The SMILES string of the molecule is O=C(CCN1C(=O)c2ccc(Br)cc2C1=O)Nc1cccc(-c2nccs2)c1. The number of carbonyl (C=O) groups is 3. The summed E-state index contributed by atoms with van der Waals surface area (Å²) in [7, 11) is 0. The molecule has 0 aliphatic carbocycles. The quantitative estimate of drug-likeness (QED) is 0.584. The van der Waals surface area contributed by atoms with Gasteiger partial charge in [-0.05, 0) is 30.3 Å². The van der Waals surface area contributed by atoms with Crippen LogP contribution in [0.2, 0.25) is 0 Å². The highest BCUT2D eigenvalue weighted by molar-refractivity contribution is 9.10. The highest BCUT2D eigenvalue weighted by Gasteiger charge is 2.35. The summed E-state index contributed by atoms with van der Waals surface area (Å²) < 4.78 is 0.729. The lowest BCUT2D eigenvalue weighted by atomic mass is 10.1. The van der Waals surface area contributed by atoms with Crippen LogP contribution < -0.4 is 5.32 Å². The van der Waals surface area contributed by atoms with Crippen LogP contribution in [0, 0.1) is 0 Å². The molecule has 0 fully saturated rings. The number of nitrogens with one attached hydrogen (secondary N) is 1. The number of thiazole rings is 1. The Labute approximate surface area is 173 Å². The first-order valence-corrected chi connectivity index (χ1v) is 10.2. The first kappa shape index (κ1) is 18.5. The first-order valence-electron chi connectivity index (χ1n) is 8.48. The molecule has 140 valence electrons. The summed E-state index contributed by atoms with van der Waals surface area (Å²) in [6.45, 7) is 0.0297. The molecule has 2 heterocycles. The van der Waals surface area contributed by atoms with Crippen molar-refractivity contribution in [1.82, 2.24) is 9.88 Å². The fourth-order valence-electron chi connectivity index (χ4n) is 3.00. The number of amides is 3. The van der Waals surface area contributed by atoms with E-state index >= 15 is 0 Å². The Morgan fingerprint density at radius 3 is 2.71 bits per heavy atom. The molecule has 1 aliphatic rings. The van der Waals surface area contributed by atoms with Crippen LogP contribution in [0.15, 0.2) is 58.5 Å². The number of nitrogens with zero attached hydrogens (tertiary/aromatic N) is 2. The number of aromatic nitrogens is 1. The summed E-state index contributed by atoms with van der Waals surface area (Å²) >= 11 is 4.82. The Kier molecular flexibility index (Phi) is 5.06. The number of hydrogen-bond acceptors (Lipinski definition) is 5. The Hall–Kier alpha value is -2.84. The molecule has 6 nitrogen and oxygen atoms in total. The molecule has 0 atom stereocenters. The minimum absolute atomic E-state index is 0.0219. The van der Waals surface area contributed by atoms with Crippen LogP contribution in [0.5, 0.6) is 0 Å². The molecule has 0 unspecified atom stereocenters. The standard InChI is InChI=1S/C20H14BrN3O3S/c21-13-4-5-15-16(11-13)20(27)24(19(15)26)8-6-17(25)23-14-3-1-2-12(10-14)18-22-7-9-28-18/h1-5,7,9-11H,6,8H2,(H,23,25). The second-order valence-corrected chi connectivity index (χ2v) is 7.98. The molecule has 0 saturated heterocycles. The lowest BCUT2D eigenvalue weighted by Crippen LogP contribution is -2.32. The Morgan fingerprint density at radius 2 is 1.93 bits per heavy atom. The summed E-state index contributed by atoms with van der Waals surface area (Å²) in [5.41, 5.74) is 2.28. The third-order valence-electron chi connectivity index (χ3n) is 4.32. The molecule has 1 aliphatic heterocycles. The maximum absolute atomic E-state index is 12.5. The van der Waals surface area contributed by atoms with Gasteiger partial charge < -0.3 is 5.32 Å². The summed E-state index contributed by atoms with van der Waals surface area (Å²) in [5.74, 6) is -1.01. The van der Waals surface area contributed by atoms with Gasteiger partial charge in [-0.15, -0.1) is 11.3 Å². The number of carbonyl (C=O) groups excluding carboxylic acids is 3. The van der Waals surface area contributed by atoms with Gasteiger partial charge in [0.15, 0.2) is 0 Å². The van der Waals surface area contributed by atoms with Gasteiger partial charge in [-0.3, -0.25) is 19.3 Å². The van der Waals surface area contributed by atoms with E-state index in [0.717, 1.165) is 19.9 Å². The van der Waals surface area contributed by atoms with Crippen molar-refractivity contribution in [3.63, 3.8) is 0 Å². The fraction of sp³-hybridized carbons (Fsp3) is 0.100. The van der Waals surface area contributed by atoms with Crippen molar-refractivity contribution in [1.29, 1.82) is 0 Å². The van der Waals surface area contributed by atoms with Crippen molar-refractivity contribution in [2.75, 3.05) is 11.9 Å².